The van der Waals surface area contributed by atoms with Crippen molar-refractivity contribution in [2.45, 2.75) is 272 Å². The van der Waals surface area contributed by atoms with Crippen LogP contribution in [-0.2, 0) is 97.9 Å². The molecule has 6 fully saturated rings. The van der Waals surface area contributed by atoms with E-state index in [1.54, 1.807) is 37.6 Å². The van der Waals surface area contributed by atoms with E-state index in [-0.39, 0.29) is 73.4 Å². The van der Waals surface area contributed by atoms with Gasteiger partial charge in [0.15, 0.2) is 0 Å². The van der Waals surface area contributed by atoms with Crippen LogP contribution in [0.25, 0.3) is 45.6 Å². The van der Waals surface area contributed by atoms with Crippen molar-refractivity contribution in [2.24, 2.45) is 57.8 Å². The lowest BCUT2D eigenvalue weighted by atomic mass is 9.87. The third kappa shape index (κ3) is 25.7. The van der Waals surface area contributed by atoms with Gasteiger partial charge in [0, 0.05) is 40.5 Å². The molecule has 0 spiro atoms. The predicted molar refractivity (Wildman–Crippen MR) is 482 cm³/mol. The number of aliphatic carboxylic acids is 4. The second-order valence-corrected chi connectivity index (χ2v) is 35.6. The first-order valence-electron chi connectivity index (χ1n) is 46.4. The van der Waals surface area contributed by atoms with Crippen LogP contribution in [0.3, 0.4) is 0 Å². The summed E-state index contributed by atoms with van der Waals surface area (Å²) in [5, 5.41) is 105. The summed E-state index contributed by atoms with van der Waals surface area (Å²) in [5.74, 6) is 2.14. The van der Waals surface area contributed by atoms with Crippen LogP contribution in [0.5, 0.6) is 29.0 Å². The number of tetrazole rings is 1. The maximum absolute atomic E-state index is 11.3. The predicted octanol–water partition coefficient (Wildman–Crippen LogP) is 11.9. The summed E-state index contributed by atoms with van der Waals surface area (Å²) in [6.45, 7) is 15.9. The van der Waals surface area contributed by atoms with Crippen molar-refractivity contribution in [3.05, 3.63) is 112 Å². The molecule has 0 bridgehead atoms. The number of rotatable bonds is 37. The van der Waals surface area contributed by atoms with Gasteiger partial charge in [-0.05, 0) is 252 Å². The Balaban J connectivity index is 0.000000138. The molecule has 724 valence electrons. The van der Waals surface area contributed by atoms with Gasteiger partial charge in [0.25, 0.3) is 23.7 Å². The van der Waals surface area contributed by atoms with Crippen molar-refractivity contribution in [3.63, 3.8) is 0 Å². The van der Waals surface area contributed by atoms with Crippen molar-refractivity contribution >= 4 is 41.7 Å². The van der Waals surface area contributed by atoms with Gasteiger partial charge >= 0.3 is 29.9 Å². The SMILES string of the molecule is CCCCc1nc(NCc2c(-c3ccc(O[C@H]4CCC[C@H](C(=O)O)C4)c(C)n3)nnn2C)no1.Cc1nc(-c2nnn(C)c2CNc2nnn(CC3CC3)n2)ccc1O[C@H]1CCC[C@H](C(=O)O)C1.Cc1nc(-c2nnn(C)c2CNc2noc(COC(C)C)n2)ccc1O[C@H]1CCC[C@H](C(=O)O)C1.Cc1nc(-c2nnn(C)c2COc2noc(C3CC3)n2)ccc1O[C@H]1CCC[C@H](C(=O)O)C1. The molecular formula is C90H117N29O17. The second kappa shape index (κ2) is 44.8. The first-order valence-corrected chi connectivity index (χ1v) is 46.4. The van der Waals surface area contributed by atoms with E-state index in [1.807, 2.05) is 104 Å². The molecule has 136 heavy (non-hydrogen) atoms. The first-order chi connectivity index (χ1) is 65.7. The third-order valence-electron chi connectivity index (χ3n) is 24.7. The molecule has 0 saturated heterocycles. The Kier molecular flexibility index (Phi) is 31.8. The molecule has 6 saturated carbocycles. The molecule has 46 heteroatoms. The van der Waals surface area contributed by atoms with Gasteiger partial charge in [-0.1, -0.05) is 39.3 Å². The largest absolute Gasteiger partial charge is 0.489 e. The van der Waals surface area contributed by atoms with Crippen LogP contribution >= 0.6 is 0 Å². The van der Waals surface area contributed by atoms with Gasteiger partial charge in [0.2, 0.25) is 11.8 Å². The molecule has 12 aromatic heterocycles. The highest BCUT2D eigenvalue weighted by Crippen LogP contribution is 2.41. The van der Waals surface area contributed by atoms with E-state index in [0.29, 0.717) is 198 Å². The lowest BCUT2D eigenvalue weighted by Crippen LogP contribution is -2.29. The highest BCUT2D eigenvalue weighted by molar-refractivity contribution is 5.72. The number of nitrogens with one attached hydrogen (secondary N) is 3. The monoisotopic (exact) mass is 1880 g/mol. The van der Waals surface area contributed by atoms with Crippen molar-refractivity contribution in [3.8, 4) is 74.6 Å². The molecule has 6 aliphatic carbocycles. The average molecular weight is 1880 g/mol. The Labute approximate surface area is 782 Å². The van der Waals surface area contributed by atoms with Crippen LogP contribution in [0.4, 0.5) is 17.8 Å². The van der Waals surface area contributed by atoms with Gasteiger partial charge in [-0.2, -0.15) is 19.7 Å². The molecule has 8 atom stereocenters. The molecule has 18 rings (SSSR count). The molecule has 12 aromatic rings. The van der Waals surface area contributed by atoms with Crippen molar-refractivity contribution < 1.29 is 81.6 Å². The summed E-state index contributed by atoms with van der Waals surface area (Å²) in [7, 11) is 7.24. The van der Waals surface area contributed by atoms with E-state index in [1.165, 1.54) is 12.8 Å². The fraction of sp³-hybridized carbons (Fsp3) is 0.567. The number of hydrogen-bond acceptors (Lipinski definition) is 37. The number of carboxylic acid groups (broad SMARTS) is 4. The summed E-state index contributed by atoms with van der Waals surface area (Å²) in [5.41, 5.74) is 11.3. The molecule has 0 amide bonds. The number of carboxylic acids is 4. The Bertz CT molecular complexity index is 6050. The lowest BCUT2D eigenvalue weighted by molar-refractivity contribution is -0.144. The zero-order chi connectivity index (χ0) is 95.6. The number of ether oxygens (including phenoxy) is 6. The number of nitrogens with zero attached hydrogens (tertiary/aromatic N) is 26. The summed E-state index contributed by atoms with van der Waals surface area (Å²) in [4.78, 5) is 78.7. The highest BCUT2D eigenvalue weighted by Gasteiger charge is 2.36. The molecule has 0 unspecified atom stereocenters. The molecule has 46 nitrogen and oxygen atoms in total. The zero-order valence-corrected chi connectivity index (χ0v) is 78.2. The fourth-order valence-corrected chi connectivity index (χ4v) is 16.6. The third-order valence-corrected chi connectivity index (χ3v) is 24.7. The van der Waals surface area contributed by atoms with Crippen molar-refractivity contribution in [2.75, 3.05) is 16.0 Å². The van der Waals surface area contributed by atoms with E-state index in [0.717, 1.165) is 124 Å². The Morgan fingerprint density at radius 3 is 1.17 bits per heavy atom. The number of pyridine rings is 4. The second-order valence-electron chi connectivity index (χ2n) is 35.6. The zero-order valence-electron chi connectivity index (χ0n) is 78.2. The number of aryl methyl sites for hydroxylation is 9. The quantitative estimate of drug-likeness (QED) is 0.0190. The van der Waals surface area contributed by atoms with Crippen LogP contribution in [0.1, 0.15) is 231 Å². The Morgan fingerprint density at radius 2 is 0.801 bits per heavy atom. The summed E-state index contributed by atoms with van der Waals surface area (Å²) < 4.78 is 58.1. The minimum Gasteiger partial charge on any atom is -0.489 e. The molecule has 6 aliphatic rings. The van der Waals surface area contributed by atoms with Gasteiger partial charge in [-0.15, -0.1) is 25.5 Å². The number of aromatic nitrogens is 26. The summed E-state index contributed by atoms with van der Waals surface area (Å²) >= 11 is 0. The normalized spacial score (nSPS) is 19.2. The topological polar surface area (TPSA) is 575 Å². The minimum atomic E-state index is -0.756. The van der Waals surface area contributed by atoms with Gasteiger partial charge in [0.1, 0.15) is 64.7 Å². The summed E-state index contributed by atoms with van der Waals surface area (Å²) in [6.07, 6.45) is 18.7. The van der Waals surface area contributed by atoms with E-state index >= 15 is 0 Å². The number of hydrogen-bond donors (Lipinski definition) is 7. The standard InChI is InChI=1S/C23H31N7O5.C23H31N7O4.C22H29N9O3.C22H26N6O5/c1-13(2)33-12-20-26-23(28-35-20)24-11-18-21(27-29-30(18)4)17-8-9-19(14(3)25-17)34-16-7-5-6-15(10-16)22(31)32;1-4-5-9-20-26-23(28-34-20)24-13-18-21(27-29-30(18)3)17-10-11-19(14(2)25-17)33-16-8-6-7-15(12-16)22(31)32;1-13-19(34-16-5-3-4-15(10-16)21(32)33)9-8-17(24-13)20-18(30(2)28-25-20)11-23-22-26-29-31(27-22)12-14-6-7-14;1-12-18(32-15-5-3-4-14(10-15)21(29)30)9-8-16(23-12)19-17(28(2)27-25-19)11-31-22-24-20(33-26-22)13-6-7-13/h8-9,13,15-16H,5-7,10-12H2,1-4H3,(H,24,28)(H,31,32);10-11,15-16H,4-9,12-13H2,1-3H3,(H,24,28)(H,31,32);8-9,14-16H,3-7,10-12H2,1-2H3,(H,23,27)(H,32,33);8-9,13-15H,3-7,10-11H2,1-2H3,(H,29,30)/t3*15-,16-;14-,15-/m0000/s1. The molecule has 12 heterocycles. The molecule has 0 aliphatic heterocycles. The molecule has 0 radical (unpaired) electrons. The van der Waals surface area contributed by atoms with Crippen LogP contribution < -0.4 is 39.6 Å². The minimum absolute atomic E-state index is 0.0680. The average Bonchev–Trinajstić information content (AvgIpc) is 1.64. The van der Waals surface area contributed by atoms with Crippen LogP contribution in [-0.4, -0.2) is 205 Å². The van der Waals surface area contributed by atoms with Crippen molar-refractivity contribution in [1.29, 1.82) is 0 Å². The maximum Gasteiger partial charge on any atom is 0.354 e. The highest BCUT2D eigenvalue weighted by atomic mass is 16.6. The van der Waals surface area contributed by atoms with E-state index in [2.05, 4.69) is 120 Å². The Morgan fingerprint density at radius 1 is 0.426 bits per heavy atom. The van der Waals surface area contributed by atoms with Gasteiger partial charge in [-0.3, -0.25) is 19.2 Å². The fourth-order valence-electron chi connectivity index (χ4n) is 16.6. The van der Waals surface area contributed by atoms with Crippen LogP contribution in [0, 0.1) is 57.3 Å². The smallest absolute Gasteiger partial charge is 0.354 e. The number of unbranched alkanes of at least 4 members (excludes halogenated alkanes) is 1. The first kappa shape index (κ1) is 96.5. The van der Waals surface area contributed by atoms with Crippen LogP contribution in [0.15, 0.2) is 62.1 Å². The Hall–Kier alpha value is -14.1. The lowest BCUT2D eigenvalue weighted by Gasteiger charge is -2.27. The molecular weight excluding hydrogens is 1760 g/mol. The van der Waals surface area contributed by atoms with Gasteiger partial charge in [-0.25, -0.2) is 38.7 Å². The number of carbonyl (C=O) groups is 4. The summed E-state index contributed by atoms with van der Waals surface area (Å²) in [6, 6.07) is 15.0. The maximum atomic E-state index is 11.3. The molecule has 0 aromatic carbocycles. The molecule has 7 N–H and O–H groups in total. The van der Waals surface area contributed by atoms with Crippen molar-refractivity contribution in [1.82, 2.24) is 131 Å². The van der Waals surface area contributed by atoms with E-state index < -0.39 is 23.9 Å². The van der Waals surface area contributed by atoms with E-state index in [9.17, 15) is 39.6 Å². The van der Waals surface area contributed by atoms with Gasteiger partial charge in [0.05, 0.1) is 143 Å². The van der Waals surface area contributed by atoms with Gasteiger partial charge < -0.3 is 78.4 Å². The van der Waals surface area contributed by atoms with E-state index in [4.69, 9.17) is 52.0 Å². The van der Waals surface area contributed by atoms with Crippen LogP contribution in [0.2, 0.25) is 0 Å². The number of anilines is 3.